The molecular weight excluding hydrogens is 158 g/mol. The fraction of sp³-hybridized carbons (Fsp3) is 0.571. The van der Waals surface area contributed by atoms with E-state index in [1.54, 1.807) is 11.5 Å². The summed E-state index contributed by atoms with van der Waals surface area (Å²) in [5, 5.41) is 0. The average molecular weight is 167 g/mol. The van der Waals surface area contributed by atoms with Crippen molar-refractivity contribution in [2.24, 2.45) is 0 Å². The second-order valence-corrected chi connectivity index (χ2v) is 3.00. The van der Waals surface area contributed by atoms with Crippen LogP contribution in [0.25, 0.3) is 0 Å². The molecule has 1 N–H and O–H groups in total. The third-order valence-corrected chi connectivity index (χ3v) is 1.96. The van der Waals surface area contributed by atoms with Gasteiger partial charge < -0.3 is 0 Å². The average Bonchev–Trinajstić information content (AvgIpc) is 2.68. The van der Waals surface area contributed by atoms with Crippen LogP contribution >= 0.6 is 0 Å². The van der Waals surface area contributed by atoms with E-state index in [4.69, 9.17) is 0 Å². The molecule has 2 rings (SSSR count). The Hall–Kier alpha value is -1.39. The number of hydrogen-bond donors (Lipinski definition) is 1. The smallest absolute Gasteiger partial charge is 0.279 e. The van der Waals surface area contributed by atoms with Gasteiger partial charge in [0, 0.05) is 6.04 Å². The van der Waals surface area contributed by atoms with Gasteiger partial charge in [0.05, 0.1) is 0 Å². The van der Waals surface area contributed by atoms with Crippen molar-refractivity contribution in [3.05, 3.63) is 26.8 Å². The van der Waals surface area contributed by atoms with E-state index in [9.17, 15) is 9.59 Å². The van der Waals surface area contributed by atoms with Crippen LogP contribution in [0, 0.1) is 6.92 Å². The zero-order chi connectivity index (χ0) is 8.72. The summed E-state index contributed by atoms with van der Waals surface area (Å²) >= 11 is 0. The van der Waals surface area contributed by atoms with Crippen molar-refractivity contribution in [2.45, 2.75) is 25.8 Å². The lowest BCUT2D eigenvalue weighted by atomic mass is 10.6. The van der Waals surface area contributed by atoms with Crippen molar-refractivity contribution in [2.75, 3.05) is 0 Å². The molecular formula is C7H9N3O2. The zero-order valence-corrected chi connectivity index (χ0v) is 6.70. The summed E-state index contributed by atoms with van der Waals surface area (Å²) in [6.45, 7) is 1.68. The lowest BCUT2D eigenvalue weighted by Gasteiger charge is -2.03. The number of aromatic nitrogens is 3. The summed E-state index contributed by atoms with van der Waals surface area (Å²) < 4.78 is 1.54. The Labute approximate surface area is 68.1 Å². The standard InChI is InChI=1S/C7H9N3O2/c1-4-8-6(11)9-7(12)10(4)5-2-3-5/h5H,2-3H2,1H3,(H,9,11,12). The molecule has 0 amide bonds. The lowest BCUT2D eigenvalue weighted by Crippen LogP contribution is -2.33. The molecule has 1 saturated carbocycles. The Kier molecular flexibility index (Phi) is 1.39. The van der Waals surface area contributed by atoms with Gasteiger partial charge in [0.25, 0.3) is 0 Å². The van der Waals surface area contributed by atoms with Crippen LogP contribution in [0.15, 0.2) is 9.59 Å². The maximum absolute atomic E-state index is 11.2. The summed E-state index contributed by atoms with van der Waals surface area (Å²) in [6, 6.07) is 0.266. The molecule has 12 heavy (non-hydrogen) atoms. The SMILES string of the molecule is Cc1nc(=O)[nH]c(=O)n1C1CC1. The summed E-state index contributed by atoms with van der Waals surface area (Å²) in [7, 11) is 0. The molecule has 1 aromatic rings. The van der Waals surface area contributed by atoms with Crippen molar-refractivity contribution in [1.29, 1.82) is 0 Å². The molecule has 0 saturated heterocycles. The summed E-state index contributed by atoms with van der Waals surface area (Å²) in [4.78, 5) is 27.7. The topological polar surface area (TPSA) is 67.8 Å². The molecule has 1 fully saturated rings. The second kappa shape index (κ2) is 2.30. The van der Waals surface area contributed by atoms with Crippen molar-refractivity contribution in [3.63, 3.8) is 0 Å². The second-order valence-electron chi connectivity index (χ2n) is 3.00. The highest BCUT2D eigenvalue weighted by Crippen LogP contribution is 2.33. The van der Waals surface area contributed by atoms with E-state index in [-0.39, 0.29) is 11.7 Å². The number of hydrogen-bond acceptors (Lipinski definition) is 3. The van der Waals surface area contributed by atoms with Crippen molar-refractivity contribution in [1.82, 2.24) is 14.5 Å². The molecule has 0 atom stereocenters. The number of aryl methyl sites for hydroxylation is 1. The molecule has 0 aromatic carbocycles. The van der Waals surface area contributed by atoms with Gasteiger partial charge in [-0.2, -0.15) is 4.98 Å². The first kappa shape index (κ1) is 7.27. The Bertz CT molecular complexity index is 413. The third kappa shape index (κ3) is 1.07. The fourth-order valence-electron chi connectivity index (χ4n) is 1.29. The van der Waals surface area contributed by atoms with E-state index >= 15 is 0 Å². The van der Waals surface area contributed by atoms with Crippen LogP contribution in [-0.2, 0) is 0 Å². The van der Waals surface area contributed by atoms with Crippen LogP contribution in [0.1, 0.15) is 24.7 Å². The Balaban J connectivity index is 2.67. The van der Waals surface area contributed by atoms with Crippen molar-refractivity contribution in [3.8, 4) is 0 Å². The van der Waals surface area contributed by atoms with Crippen LogP contribution in [0.5, 0.6) is 0 Å². The Morgan fingerprint density at radius 2 is 2.17 bits per heavy atom. The van der Waals surface area contributed by atoms with Gasteiger partial charge >= 0.3 is 11.4 Å². The molecule has 1 aliphatic rings. The van der Waals surface area contributed by atoms with Crippen LogP contribution in [-0.4, -0.2) is 14.5 Å². The van der Waals surface area contributed by atoms with Gasteiger partial charge in [-0.1, -0.05) is 0 Å². The van der Waals surface area contributed by atoms with Crippen molar-refractivity contribution >= 4 is 0 Å². The van der Waals surface area contributed by atoms with Gasteiger partial charge in [0.15, 0.2) is 0 Å². The maximum Gasteiger partial charge on any atom is 0.350 e. The summed E-state index contributed by atoms with van der Waals surface area (Å²) in [5.74, 6) is 0.506. The molecule has 1 aromatic heterocycles. The van der Waals surface area contributed by atoms with E-state index < -0.39 is 5.69 Å². The lowest BCUT2D eigenvalue weighted by molar-refractivity contribution is 0.619. The molecule has 0 aliphatic heterocycles. The molecule has 0 radical (unpaired) electrons. The highest BCUT2D eigenvalue weighted by atomic mass is 16.2. The summed E-state index contributed by atoms with van der Waals surface area (Å²) in [6.07, 6.45) is 2.02. The third-order valence-electron chi connectivity index (χ3n) is 1.96. The van der Waals surface area contributed by atoms with E-state index in [2.05, 4.69) is 9.97 Å². The zero-order valence-electron chi connectivity index (χ0n) is 6.70. The van der Waals surface area contributed by atoms with Crippen LogP contribution in [0.3, 0.4) is 0 Å². The first-order valence-electron chi connectivity index (χ1n) is 3.88. The minimum Gasteiger partial charge on any atom is -0.279 e. The molecule has 0 bridgehead atoms. The monoisotopic (exact) mass is 167 g/mol. The van der Waals surface area contributed by atoms with E-state index in [1.165, 1.54) is 0 Å². The van der Waals surface area contributed by atoms with Crippen LogP contribution in [0.2, 0.25) is 0 Å². The minimum atomic E-state index is -0.561. The predicted octanol–water partition coefficient (Wildman–Crippen LogP) is -0.425. The molecule has 0 spiro atoms. The Morgan fingerprint density at radius 3 is 2.67 bits per heavy atom. The maximum atomic E-state index is 11.2. The van der Waals surface area contributed by atoms with Gasteiger partial charge in [0.2, 0.25) is 0 Å². The first-order valence-corrected chi connectivity index (χ1v) is 3.88. The van der Waals surface area contributed by atoms with E-state index in [1.807, 2.05) is 0 Å². The first-order chi connectivity index (χ1) is 5.68. The van der Waals surface area contributed by atoms with Gasteiger partial charge in [-0.05, 0) is 19.8 Å². The van der Waals surface area contributed by atoms with E-state index in [0.29, 0.717) is 5.82 Å². The van der Waals surface area contributed by atoms with Gasteiger partial charge in [-0.25, -0.2) is 9.59 Å². The minimum absolute atomic E-state index is 0.266. The molecule has 5 heteroatoms. The number of H-pyrrole nitrogens is 1. The molecule has 1 aliphatic carbocycles. The molecule has 1 heterocycles. The number of nitrogens with zero attached hydrogens (tertiary/aromatic N) is 2. The quantitative estimate of drug-likeness (QED) is 0.617. The normalized spacial score (nSPS) is 16.4. The number of nitrogens with one attached hydrogen (secondary N) is 1. The van der Waals surface area contributed by atoms with Crippen molar-refractivity contribution < 1.29 is 0 Å². The number of aromatic amines is 1. The molecule has 0 unspecified atom stereocenters. The van der Waals surface area contributed by atoms with Gasteiger partial charge in [-0.15, -0.1) is 0 Å². The summed E-state index contributed by atoms with van der Waals surface area (Å²) in [5.41, 5.74) is -0.899. The molecule has 5 nitrogen and oxygen atoms in total. The largest absolute Gasteiger partial charge is 0.350 e. The number of rotatable bonds is 1. The highest BCUT2D eigenvalue weighted by molar-refractivity contribution is 4.92. The van der Waals surface area contributed by atoms with Gasteiger partial charge in [0.1, 0.15) is 5.82 Å². The fourth-order valence-corrected chi connectivity index (χ4v) is 1.29. The van der Waals surface area contributed by atoms with E-state index in [0.717, 1.165) is 12.8 Å². The predicted molar refractivity (Wildman–Crippen MR) is 42.1 cm³/mol. The molecule has 64 valence electrons. The highest BCUT2D eigenvalue weighted by Gasteiger charge is 2.26. The van der Waals surface area contributed by atoms with Crippen LogP contribution < -0.4 is 11.4 Å². The van der Waals surface area contributed by atoms with Gasteiger partial charge in [-0.3, -0.25) is 9.55 Å². The Morgan fingerprint density at radius 1 is 1.50 bits per heavy atom. The van der Waals surface area contributed by atoms with Crippen LogP contribution in [0.4, 0.5) is 0 Å².